The summed E-state index contributed by atoms with van der Waals surface area (Å²) in [4.78, 5) is 9.18. The Morgan fingerprint density at radius 1 is 1.18 bits per heavy atom. The van der Waals surface area contributed by atoms with Crippen molar-refractivity contribution >= 4 is 11.6 Å². The summed E-state index contributed by atoms with van der Waals surface area (Å²) in [6.45, 7) is 9.73. The van der Waals surface area contributed by atoms with Crippen LogP contribution in [0, 0.1) is 13.8 Å². The summed E-state index contributed by atoms with van der Waals surface area (Å²) >= 11 is 0. The molecular formula is C21H32N6O. The molecule has 0 saturated carbocycles. The van der Waals surface area contributed by atoms with E-state index in [4.69, 9.17) is 4.74 Å². The second kappa shape index (κ2) is 9.48. The van der Waals surface area contributed by atoms with Crippen LogP contribution in [0.15, 0.2) is 35.3 Å². The smallest absolute Gasteiger partial charge is 0.193 e. The van der Waals surface area contributed by atoms with Gasteiger partial charge in [-0.3, -0.25) is 9.67 Å². The van der Waals surface area contributed by atoms with Crippen LogP contribution < -0.4 is 15.0 Å². The quantitative estimate of drug-likeness (QED) is 0.470. The zero-order chi connectivity index (χ0) is 19.9. The molecule has 7 heteroatoms. The Hall–Kier alpha value is -2.70. The lowest BCUT2D eigenvalue weighted by atomic mass is 10.2. The molecule has 7 nitrogen and oxygen atoms in total. The Morgan fingerprint density at radius 3 is 2.57 bits per heavy atom. The van der Waals surface area contributed by atoms with Crippen LogP contribution in [0.1, 0.15) is 17.8 Å². The molecule has 0 spiro atoms. The molecule has 1 saturated heterocycles. The molecule has 1 N–H and O–H groups in total. The summed E-state index contributed by atoms with van der Waals surface area (Å²) in [6.07, 6.45) is 1.02. The number of hydrogen-bond donors (Lipinski definition) is 1. The van der Waals surface area contributed by atoms with Crippen LogP contribution in [-0.4, -0.2) is 67.5 Å². The minimum atomic E-state index is 0.887. The van der Waals surface area contributed by atoms with Gasteiger partial charge in [0.05, 0.1) is 18.5 Å². The first-order valence-electron chi connectivity index (χ1n) is 9.97. The number of rotatable bonds is 6. The van der Waals surface area contributed by atoms with E-state index < -0.39 is 0 Å². The van der Waals surface area contributed by atoms with E-state index in [0.717, 1.165) is 68.8 Å². The lowest BCUT2D eigenvalue weighted by Crippen LogP contribution is -2.52. The zero-order valence-electron chi connectivity index (χ0n) is 17.5. The van der Waals surface area contributed by atoms with Crippen LogP contribution in [0.2, 0.25) is 0 Å². The van der Waals surface area contributed by atoms with E-state index in [1.54, 1.807) is 7.11 Å². The molecule has 2 aromatic rings. The van der Waals surface area contributed by atoms with E-state index in [1.165, 1.54) is 5.69 Å². The monoisotopic (exact) mass is 384 g/mol. The van der Waals surface area contributed by atoms with Crippen molar-refractivity contribution in [3.8, 4) is 5.75 Å². The molecule has 1 aromatic heterocycles. The number of nitrogens with one attached hydrogen (secondary N) is 1. The molecule has 0 aliphatic carbocycles. The van der Waals surface area contributed by atoms with E-state index in [1.807, 2.05) is 26.1 Å². The molecule has 1 aromatic carbocycles. The SMILES string of the molecule is CN=C(NCCCn1nc(C)cc1C)N1CCN(c2ccccc2OC)CC1. The molecule has 2 heterocycles. The summed E-state index contributed by atoms with van der Waals surface area (Å²) < 4.78 is 7.58. The Labute approximate surface area is 168 Å². The standard InChI is InChI=1S/C21H32N6O/c1-17-16-18(2)27(24-17)11-7-10-23-21(22-3)26-14-12-25(13-15-26)19-8-5-6-9-20(19)28-4/h5-6,8-9,16H,7,10-15H2,1-4H3,(H,22,23). The third kappa shape index (κ3) is 4.77. The second-order valence-electron chi connectivity index (χ2n) is 7.12. The highest BCUT2D eigenvalue weighted by molar-refractivity contribution is 5.80. The Kier molecular flexibility index (Phi) is 6.79. The molecule has 0 radical (unpaired) electrons. The summed E-state index contributed by atoms with van der Waals surface area (Å²) in [7, 11) is 3.59. The third-order valence-electron chi connectivity index (χ3n) is 5.15. The first kappa shape index (κ1) is 20.0. The highest BCUT2D eigenvalue weighted by Crippen LogP contribution is 2.28. The largest absolute Gasteiger partial charge is 0.495 e. The highest BCUT2D eigenvalue weighted by atomic mass is 16.5. The van der Waals surface area contributed by atoms with Gasteiger partial charge in [0.1, 0.15) is 5.75 Å². The van der Waals surface area contributed by atoms with Crippen molar-refractivity contribution < 1.29 is 4.74 Å². The van der Waals surface area contributed by atoms with E-state index in [2.05, 4.69) is 55.0 Å². The van der Waals surface area contributed by atoms with Gasteiger partial charge in [0.25, 0.3) is 0 Å². The van der Waals surface area contributed by atoms with Gasteiger partial charge in [0.15, 0.2) is 5.96 Å². The first-order valence-corrected chi connectivity index (χ1v) is 9.97. The van der Waals surface area contributed by atoms with Crippen molar-refractivity contribution in [2.45, 2.75) is 26.8 Å². The lowest BCUT2D eigenvalue weighted by molar-refractivity contribution is 0.366. The van der Waals surface area contributed by atoms with Gasteiger partial charge in [0.2, 0.25) is 0 Å². The van der Waals surface area contributed by atoms with E-state index in [9.17, 15) is 0 Å². The number of nitrogens with zero attached hydrogens (tertiary/aromatic N) is 5. The lowest BCUT2D eigenvalue weighted by Gasteiger charge is -2.38. The fraction of sp³-hybridized carbons (Fsp3) is 0.524. The number of anilines is 1. The topological polar surface area (TPSA) is 57.9 Å². The van der Waals surface area contributed by atoms with Crippen molar-refractivity contribution in [2.75, 3.05) is 51.8 Å². The number of piperazine rings is 1. The van der Waals surface area contributed by atoms with E-state index in [0.29, 0.717) is 0 Å². The average molecular weight is 385 g/mol. The minimum Gasteiger partial charge on any atom is -0.495 e. The molecule has 0 unspecified atom stereocenters. The maximum atomic E-state index is 5.51. The molecule has 1 fully saturated rings. The van der Waals surface area contributed by atoms with Crippen LogP contribution >= 0.6 is 0 Å². The third-order valence-corrected chi connectivity index (χ3v) is 5.15. The van der Waals surface area contributed by atoms with Crippen molar-refractivity contribution in [3.05, 3.63) is 41.7 Å². The van der Waals surface area contributed by atoms with Gasteiger partial charge < -0.3 is 19.9 Å². The van der Waals surface area contributed by atoms with Crippen molar-refractivity contribution in [1.82, 2.24) is 20.0 Å². The Balaban J connectivity index is 1.46. The molecule has 0 atom stereocenters. The summed E-state index contributed by atoms with van der Waals surface area (Å²) in [5.41, 5.74) is 3.46. The van der Waals surface area contributed by atoms with Gasteiger partial charge >= 0.3 is 0 Å². The van der Waals surface area contributed by atoms with Gasteiger partial charge in [-0.25, -0.2) is 0 Å². The van der Waals surface area contributed by atoms with Crippen LogP contribution in [0.25, 0.3) is 0 Å². The van der Waals surface area contributed by atoms with Crippen LogP contribution in [0.4, 0.5) is 5.69 Å². The number of ether oxygens (including phenoxy) is 1. The number of guanidine groups is 1. The van der Waals surface area contributed by atoms with Gasteiger partial charge in [-0.05, 0) is 38.5 Å². The van der Waals surface area contributed by atoms with Gasteiger partial charge in [-0.15, -0.1) is 0 Å². The maximum absolute atomic E-state index is 5.51. The van der Waals surface area contributed by atoms with Crippen LogP contribution in [0.3, 0.4) is 0 Å². The predicted molar refractivity (Wildman–Crippen MR) is 114 cm³/mol. The number of methoxy groups -OCH3 is 1. The Morgan fingerprint density at radius 2 is 1.93 bits per heavy atom. The van der Waals surface area contributed by atoms with Crippen LogP contribution in [-0.2, 0) is 6.54 Å². The fourth-order valence-electron chi connectivity index (χ4n) is 3.71. The van der Waals surface area contributed by atoms with E-state index >= 15 is 0 Å². The fourth-order valence-corrected chi connectivity index (χ4v) is 3.71. The highest BCUT2D eigenvalue weighted by Gasteiger charge is 2.21. The minimum absolute atomic E-state index is 0.887. The van der Waals surface area contributed by atoms with Crippen molar-refractivity contribution in [2.24, 2.45) is 4.99 Å². The molecule has 28 heavy (non-hydrogen) atoms. The number of hydrogen-bond acceptors (Lipinski definition) is 4. The molecule has 1 aliphatic rings. The summed E-state index contributed by atoms with van der Waals surface area (Å²) in [6, 6.07) is 10.3. The van der Waals surface area contributed by atoms with Gasteiger partial charge in [0, 0.05) is 52.0 Å². The zero-order valence-corrected chi connectivity index (χ0v) is 17.5. The molecule has 152 valence electrons. The predicted octanol–water partition coefficient (Wildman–Crippen LogP) is 2.30. The van der Waals surface area contributed by atoms with Crippen LogP contribution in [0.5, 0.6) is 5.75 Å². The number of aliphatic imine (C=N–C) groups is 1. The average Bonchev–Trinajstić information content (AvgIpc) is 3.05. The number of aromatic nitrogens is 2. The first-order chi connectivity index (χ1) is 13.6. The molecule has 1 aliphatic heterocycles. The molecular weight excluding hydrogens is 352 g/mol. The number of benzene rings is 1. The van der Waals surface area contributed by atoms with Crippen molar-refractivity contribution in [3.63, 3.8) is 0 Å². The van der Waals surface area contributed by atoms with Gasteiger partial charge in [-0.1, -0.05) is 12.1 Å². The molecule has 3 rings (SSSR count). The van der Waals surface area contributed by atoms with Crippen molar-refractivity contribution in [1.29, 1.82) is 0 Å². The molecule has 0 amide bonds. The normalized spacial score (nSPS) is 15.1. The summed E-state index contributed by atoms with van der Waals surface area (Å²) in [5.74, 6) is 1.91. The maximum Gasteiger partial charge on any atom is 0.193 e. The Bertz CT molecular complexity index is 792. The summed E-state index contributed by atoms with van der Waals surface area (Å²) in [5, 5.41) is 8.03. The number of aryl methyl sites for hydroxylation is 3. The number of para-hydroxylation sites is 2. The van der Waals surface area contributed by atoms with E-state index in [-0.39, 0.29) is 0 Å². The second-order valence-corrected chi connectivity index (χ2v) is 7.12. The molecule has 0 bridgehead atoms. The van der Waals surface area contributed by atoms with Gasteiger partial charge in [-0.2, -0.15) is 5.10 Å².